The smallest absolute Gasteiger partial charge is 0.328 e. The quantitative estimate of drug-likeness (QED) is 0.647. The normalized spacial score (nSPS) is 12.0. The van der Waals surface area contributed by atoms with Gasteiger partial charge in [0.05, 0.1) is 7.11 Å². The van der Waals surface area contributed by atoms with Crippen molar-refractivity contribution in [1.82, 2.24) is 5.32 Å². The maximum absolute atomic E-state index is 13.0. The van der Waals surface area contributed by atoms with Crippen molar-refractivity contribution < 1.29 is 23.1 Å². The molecule has 2 aromatic carbocycles. The minimum Gasteiger partial charge on any atom is -0.467 e. The molecule has 0 aliphatic carbocycles. The van der Waals surface area contributed by atoms with Crippen LogP contribution in [-0.4, -0.2) is 25.0 Å². The molecule has 1 atom stereocenters. The third-order valence-corrected chi connectivity index (χ3v) is 3.45. The lowest BCUT2D eigenvalue weighted by atomic mass is 10.1. The van der Waals surface area contributed by atoms with Gasteiger partial charge in [0.15, 0.2) is 0 Å². The minimum absolute atomic E-state index is 0.170. The Hall–Kier alpha value is -3.02. The second-order valence-electron chi connectivity index (χ2n) is 5.30. The molecule has 0 aromatic heterocycles. The van der Waals surface area contributed by atoms with Crippen molar-refractivity contribution in [3.8, 4) is 0 Å². The van der Waals surface area contributed by atoms with E-state index < -0.39 is 17.9 Å². The molecule has 0 spiro atoms. The van der Waals surface area contributed by atoms with Gasteiger partial charge in [0.1, 0.15) is 17.7 Å². The Balaban J connectivity index is 2.02. The van der Waals surface area contributed by atoms with Gasteiger partial charge in [0.25, 0.3) is 0 Å². The SMILES string of the molecule is COC(=O)[C@H](Cc1ccc(F)cc1)NC(=O)/C=C/c1ccc(F)cc1. The Morgan fingerprint density at radius 3 is 2.16 bits per heavy atom. The van der Waals surface area contributed by atoms with Crippen LogP contribution in [0.15, 0.2) is 54.6 Å². The summed E-state index contributed by atoms with van der Waals surface area (Å²) < 4.78 is 30.5. The molecule has 0 bridgehead atoms. The number of ether oxygens (including phenoxy) is 1. The Kier molecular flexibility index (Phi) is 6.39. The van der Waals surface area contributed by atoms with Crippen LogP contribution in [0.4, 0.5) is 8.78 Å². The summed E-state index contributed by atoms with van der Waals surface area (Å²) in [5.41, 5.74) is 1.32. The highest BCUT2D eigenvalue weighted by Gasteiger charge is 2.21. The molecule has 25 heavy (non-hydrogen) atoms. The largest absolute Gasteiger partial charge is 0.467 e. The summed E-state index contributed by atoms with van der Waals surface area (Å²) >= 11 is 0. The number of amides is 1. The molecule has 0 heterocycles. The topological polar surface area (TPSA) is 55.4 Å². The molecule has 0 aliphatic rings. The van der Waals surface area contributed by atoms with Crippen molar-refractivity contribution in [2.24, 2.45) is 0 Å². The van der Waals surface area contributed by atoms with Crippen LogP contribution in [-0.2, 0) is 20.7 Å². The fraction of sp³-hybridized carbons (Fsp3) is 0.158. The highest BCUT2D eigenvalue weighted by atomic mass is 19.1. The number of nitrogens with one attached hydrogen (secondary N) is 1. The summed E-state index contributed by atoms with van der Waals surface area (Å²) in [6.07, 6.45) is 2.91. The van der Waals surface area contributed by atoms with Crippen molar-refractivity contribution in [2.45, 2.75) is 12.5 Å². The molecule has 0 aliphatic heterocycles. The van der Waals surface area contributed by atoms with Crippen molar-refractivity contribution >= 4 is 18.0 Å². The zero-order valence-electron chi connectivity index (χ0n) is 13.5. The summed E-state index contributed by atoms with van der Waals surface area (Å²) in [4.78, 5) is 23.9. The zero-order valence-corrected chi connectivity index (χ0v) is 13.5. The third-order valence-electron chi connectivity index (χ3n) is 3.45. The molecular weight excluding hydrogens is 328 g/mol. The summed E-state index contributed by atoms with van der Waals surface area (Å²) in [5.74, 6) is -1.86. The van der Waals surface area contributed by atoms with Crippen molar-refractivity contribution in [3.05, 3.63) is 77.4 Å². The summed E-state index contributed by atoms with van der Waals surface area (Å²) in [6, 6.07) is 10.3. The van der Waals surface area contributed by atoms with Gasteiger partial charge < -0.3 is 10.1 Å². The maximum Gasteiger partial charge on any atom is 0.328 e. The van der Waals surface area contributed by atoms with Crippen LogP contribution in [0.1, 0.15) is 11.1 Å². The summed E-state index contributed by atoms with van der Waals surface area (Å²) in [6.45, 7) is 0. The Morgan fingerprint density at radius 2 is 1.60 bits per heavy atom. The minimum atomic E-state index is -0.902. The number of carbonyl (C=O) groups is 2. The van der Waals surface area contributed by atoms with Gasteiger partial charge in [0, 0.05) is 12.5 Å². The van der Waals surface area contributed by atoms with E-state index in [0.29, 0.717) is 11.1 Å². The average Bonchev–Trinajstić information content (AvgIpc) is 2.62. The third kappa shape index (κ3) is 5.84. The first-order valence-corrected chi connectivity index (χ1v) is 7.54. The molecule has 1 N–H and O–H groups in total. The van der Waals surface area contributed by atoms with Crippen molar-refractivity contribution in [1.29, 1.82) is 0 Å². The van der Waals surface area contributed by atoms with Crippen LogP contribution < -0.4 is 5.32 Å². The van der Waals surface area contributed by atoms with E-state index in [2.05, 4.69) is 5.32 Å². The number of hydrogen-bond donors (Lipinski definition) is 1. The van der Waals surface area contributed by atoms with E-state index in [0.717, 1.165) is 0 Å². The average molecular weight is 345 g/mol. The van der Waals surface area contributed by atoms with Gasteiger partial charge in [-0.3, -0.25) is 4.79 Å². The first-order chi connectivity index (χ1) is 12.0. The predicted octanol–water partition coefficient (Wildman–Crippen LogP) is 2.88. The molecule has 2 aromatic rings. The molecule has 0 unspecified atom stereocenters. The monoisotopic (exact) mass is 345 g/mol. The predicted molar refractivity (Wildman–Crippen MR) is 89.5 cm³/mol. The highest BCUT2D eigenvalue weighted by molar-refractivity contribution is 5.94. The number of carbonyl (C=O) groups excluding carboxylic acids is 2. The number of esters is 1. The zero-order chi connectivity index (χ0) is 18.2. The number of halogens is 2. The van der Waals surface area contributed by atoms with Crippen LogP contribution in [0, 0.1) is 11.6 Å². The lowest BCUT2D eigenvalue weighted by Crippen LogP contribution is -2.42. The van der Waals surface area contributed by atoms with Crippen molar-refractivity contribution in [2.75, 3.05) is 7.11 Å². The Bertz CT molecular complexity index is 755. The summed E-state index contributed by atoms with van der Waals surface area (Å²) in [7, 11) is 1.22. The van der Waals surface area contributed by atoms with Gasteiger partial charge >= 0.3 is 5.97 Å². The van der Waals surface area contributed by atoms with Gasteiger partial charge in [-0.1, -0.05) is 24.3 Å². The van der Waals surface area contributed by atoms with Gasteiger partial charge in [-0.2, -0.15) is 0 Å². The molecular formula is C19H17F2NO3. The molecule has 2 rings (SSSR count). The van der Waals surface area contributed by atoms with Gasteiger partial charge in [-0.25, -0.2) is 13.6 Å². The van der Waals surface area contributed by atoms with Crippen LogP contribution in [0.2, 0.25) is 0 Å². The molecule has 0 fully saturated rings. The molecule has 130 valence electrons. The lowest BCUT2D eigenvalue weighted by molar-refractivity contribution is -0.144. The molecule has 4 nitrogen and oxygen atoms in total. The first-order valence-electron chi connectivity index (χ1n) is 7.54. The second-order valence-corrected chi connectivity index (χ2v) is 5.30. The maximum atomic E-state index is 13.0. The Labute approximate surface area is 144 Å². The second kappa shape index (κ2) is 8.73. The standard InChI is InChI=1S/C19H17F2NO3/c1-25-19(24)17(12-14-4-9-16(21)10-5-14)22-18(23)11-6-13-2-7-15(20)8-3-13/h2-11,17H,12H2,1H3,(H,22,23)/b11-6+/t17-/m0/s1. The number of methoxy groups -OCH3 is 1. The number of rotatable bonds is 6. The van der Waals surface area contributed by atoms with E-state index in [9.17, 15) is 18.4 Å². The lowest BCUT2D eigenvalue weighted by Gasteiger charge is -2.15. The molecule has 0 radical (unpaired) electrons. The van der Waals surface area contributed by atoms with E-state index in [-0.39, 0.29) is 18.1 Å². The van der Waals surface area contributed by atoms with Crippen LogP contribution in [0.25, 0.3) is 6.08 Å². The number of benzene rings is 2. The molecule has 1 amide bonds. The van der Waals surface area contributed by atoms with E-state index in [1.54, 1.807) is 0 Å². The van der Waals surface area contributed by atoms with Gasteiger partial charge in [0.2, 0.25) is 5.91 Å². The molecule has 6 heteroatoms. The van der Waals surface area contributed by atoms with Crippen LogP contribution in [0.5, 0.6) is 0 Å². The fourth-order valence-corrected chi connectivity index (χ4v) is 2.16. The van der Waals surface area contributed by atoms with E-state index in [4.69, 9.17) is 4.74 Å². The Morgan fingerprint density at radius 1 is 1.04 bits per heavy atom. The van der Waals surface area contributed by atoms with E-state index >= 15 is 0 Å². The van der Waals surface area contributed by atoms with Gasteiger partial charge in [-0.05, 0) is 41.5 Å². The first kappa shape index (κ1) is 18.3. The summed E-state index contributed by atoms with van der Waals surface area (Å²) in [5, 5.41) is 2.54. The van der Waals surface area contributed by atoms with Crippen molar-refractivity contribution in [3.63, 3.8) is 0 Å². The van der Waals surface area contributed by atoms with Gasteiger partial charge in [-0.15, -0.1) is 0 Å². The van der Waals surface area contributed by atoms with Crippen LogP contribution >= 0.6 is 0 Å². The van der Waals surface area contributed by atoms with Crippen LogP contribution in [0.3, 0.4) is 0 Å². The highest BCUT2D eigenvalue weighted by Crippen LogP contribution is 2.08. The van der Waals surface area contributed by atoms with E-state index in [1.807, 2.05) is 0 Å². The molecule has 0 saturated heterocycles. The fourth-order valence-electron chi connectivity index (χ4n) is 2.16. The van der Waals surface area contributed by atoms with E-state index in [1.165, 1.54) is 67.8 Å². The number of hydrogen-bond acceptors (Lipinski definition) is 3. The molecule has 0 saturated carbocycles.